The summed E-state index contributed by atoms with van der Waals surface area (Å²) in [5, 5.41) is 0.108. The van der Waals surface area contributed by atoms with Crippen LogP contribution < -0.4 is 9.80 Å². The molecule has 4 rings (SSSR count). The average molecular weight is 522 g/mol. The number of hydrogen-bond acceptors (Lipinski definition) is 5. The number of ether oxygens (including phenoxy) is 1. The van der Waals surface area contributed by atoms with Gasteiger partial charge in [0, 0.05) is 44.5 Å². The van der Waals surface area contributed by atoms with Gasteiger partial charge in [-0.15, -0.1) is 0 Å². The van der Waals surface area contributed by atoms with Crippen LogP contribution >= 0.6 is 11.6 Å². The third kappa shape index (κ3) is 4.84. The van der Waals surface area contributed by atoms with Gasteiger partial charge in [-0.2, -0.15) is 17.5 Å². The summed E-state index contributed by atoms with van der Waals surface area (Å²) < 4.78 is 87.6. The molecule has 2 aromatic rings. The fourth-order valence-electron chi connectivity index (χ4n) is 4.40. The minimum atomic E-state index is -4.74. The summed E-state index contributed by atoms with van der Waals surface area (Å²) in [6.45, 7) is 3.78. The van der Waals surface area contributed by atoms with E-state index in [1.54, 1.807) is 19.1 Å². The molecule has 0 spiro atoms. The highest BCUT2D eigenvalue weighted by Gasteiger charge is 2.39. The number of sulfonamides is 1. The van der Waals surface area contributed by atoms with E-state index >= 15 is 0 Å². The molecule has 0 N–H and O–H groups in total. The van der Waals surface area contributed by atoms with Crippen LogP contribution in [0.25, 0.3) is 0 Å². The number of benzene rings is 2. The SMILES string of the molecule is C[C@@H]1CN(c2ccc(F)cc2C(F)(F)F)CCN1S(=O)(=O)c1cccc(N2CCOCC2)c1Cl. The van der Waals surface area contributed by atoms with E-state index in [9.17, 15) is 26.0 Å². The molecular formula is C22H24ClF4N3O3S. The Morgan fingerprint density at radius 1 is 1.00 bits per heavy atom. The molecule has 2 aliphatic heterocycles. The topological polar surface area (TPSA) is 53.1 Å². The standard InChI is InChI=1S/C22H24ClF4N3O3S/c1-15-14-29(18-6-5-16(24)13-17(18)22(25,26)27)7-8-30(15)34(31,32)20-4-2-3-19(21(20)23)28-9-11-33-12-10-28/h2-6,13,15H,7-12,14H2,1H3/t15-/m1/s1. The molecule has 2 fully saturated rings. The quantitative estimate of drug-likeness (QED) is 0.564. The number of hydrogen-bond donors (Lipinski definition) is 0. The van der Waals surface area contributed by atoms with Gasteiger partial charge in [0.25, 0.3) is 0 Å². The van der Waals surface area contributed by atoms with E-state index in [0.29, 0.717) is 38.1 Å². The third-order valence-corrected chi connectivity index (χ3v) is 8.62. The Balaban J connectivity index is 1.59. The molecule has 0 aliphatic carbocycles. The monoisotopic (exact) mass is 521 g/mol. The van der Waals surface area contributed by atoms with Gasteiger partial charge in [0.05, 0.1) is 29.5 Å². The third-order valence-electron chi connectivity index (χ3n) is 6.05. The van der Waals surface area contributed by atoms with Gasteiger partial charge >= 0.3 is 6.18 Å². The second-order valence-electron chi connectivity index (χ2n) is 8.26. The lowest BCUT2D eigenvalue weighted by Gasteiger charge is -2.41. The fraction of sp³-hybridized carbons (Fsp3) is 0.455. The van der Waals surface area contributed by atoms with Crippen molar-refractivity contribution in [1.82, 2.24) is 4.31 Å². The molecule has 12 heteroatoms. The number of halogens is 5. The van der Waals surface area contributed by atoms with Crippen molar-refractivity contribution in [1.29, 1.82) is 0 Å². The molecule has 186 valence electrons. The first-order valence-corrected chi connectivity index (χ1v) is 12.6. The fourth-order valence-corrected chi connectivity index (χ4v) is 6.64. The van der Waals surface area contributed by atoms with Crippen molar-refractivity contribution in [2.24, 2.45) is 0 Å². The van der Waals surface area contributed by atoms with Crippen LogP contribution in [0.4, 0.5) is 28.9 Å². The Labute approximate surface area is 200 Å². The number of alkyl halides is 3. The lowest BCUT2D eigenvalue weighted by molar-refractivity contribution is -0.137. The molecule has 6 nitrogen and oxygen atoms in total. The van der Waals surface area contributed by atoms with Crippen LogP contribution in [0.15, 0.2) is 41.3 Å². The van der Waals surface area contributed by atoms with E-state index in [1.165, 1.54) is 15.3 Å². The summed E-state index contributed by atoms with van der Waals surface area (Å²) >= 11 is 6.54. The smallest absolute Gasteiger partial charge is 0.378 e. The average Bonchev–Trinajstić information content (AvgIpc) is 2.79. The van der Waals surface area contributed by atoms with Crippen LogP contribution in [-0.4, -0.2) is 64.7 Å². The molecule has 2 aromatic carbocycles. The van der Waals surface area contributed by atoms with Gasteiger partial charge in [0.2, 0.25) is 10.0 Å². The highest BCUT2D eigenvalue weighted by Crippen LogP contribution is 2.39. The van der Waals surface area contributed by atoms with Crippen molar-refractivity contribution < 1.29 is 30.7 Å². The molecule has 0 saturated carbocycles. The summed E-state index contributed by atoms with van der Waals surface area (Å²) in [7, 11) is -4.02. The van der Waals surface area contributed by atoms with Crippen molar-refractivity contribution in [2.45, 2.75) is 24.0 Å². The van der Waals surface area contributed by atoms with Gasteiger partial charge in [-0.25, -0.2) is 12.8 Å². The van der Waals surface area contributed by atoms with Gasteiger partial charge in [-0.3, -0.25) is 0 Å². The molecule has 0 radical (unpaired) electrons. The summed E-state index contributed by atoms with van der Waals surface area (Å²) in [5.74, 6) is -0.986. The molecule has 34 heavy (non-hydrogen) atoms. The predicted molar refractivity (Wildman–Crippen MR) is 121 cm³/mol. The maximum Gasteiger partial charge on any atom is 0.418 e. The van der Waals surface area contributed by atoms with Crippen LogP contribution in [0, 0.1) is 5.82 Å². The summed E-state index contributed by atoms with van der Waals surface area (Å²) in [6.07, 6.45) is -4.74. The lowest BCUT2D eigenvalue weighted by Crippen LogP contribution is -2.54. The molecular weight excluding hydrogens is 498 g/mol. The summed E-state index contributed by atoms with van der Waals surface area (Å²) in [5.41, 5.74) is -0.666. The number of piperazine rings is 1. The number of rotatable bonds is 4. The van der Waals surface area contributed by atoms with Crippen molar-refractivity contribution in [3.8, 4) is 0 Å². The van der Waals surface area contributed by atoms with Crippen molar-refractivity contribution in [3.05, 3.63) is 52.8 Å². The Morgan fingerprint density at radius 3 is 2.35 bits per heavy atom. The first-order valence-electron chi connectivity index (χ1n) is 10.7. The maximum atomic E-state index is 13.5. The highest BCUT2D eigenvalue weighted by molar-refractivity contribution is 7.89. The van der Waals surface area contributed by atoms with Gasteiger partial charge < -0.3 is 14.5 Å². The predicted octanol–water partition coefficient (Wildman–Crippen LogP) is 4.23. The minimum Gasteiger partial charge on any atom is -0.378 e. The largest absolute Gasteiger partial charge is 0.418 e. The van der Waals surface area contributed by atoms with E-state index in [0.717, 1.165) is 12.1 Å². The first-order chi connectivity index (χ1) is 16.0. The van der Waals surface area contributed by atoms with Crippen LogP contribution in [0.5, 0.6) is 0 Å². The number of nitrogens with zero attached hydrogens (tertiary/aromatic N) is 3. The number of morpholine rings is 1. The Bertz CT molecular complexity index is 1160. The van der Waals surface area contributed by atoms with Gasteiger partial charge in [-0.05, 0) is 37.3 Å². The van der Waals surface area contributed by atoms with E-state index in [2.05, 4.69) is 0 Å². The molecule has 0 unspecified atom stereocenters. The van der Waals surface area contributed by atoms with Gasteiger partial charge in [0.15, 0.2) is 0 Å². The Morgan fingerprint density at radius 2 is 1.71 bits per heavy atom. The van der Waals surface area contributed by atoms with Crippen molar-refractivity contribution in [2.75, 3.05) is 55.7 Å². The van der Waals surface area contributed by atoms with Gasteiger partial charge in [-0.1, -0.05) is 17.7 Å². The lowest BCUT2D eigenvalue weighted by atomic mass is 10.1. The summed E-state index contributed by atoms with van der Waals surface area (Å²) in [4.78, 5) is 3.35. The van der Waals surface area contributed by atoms with E-state index in [1.807, 2.05) is 4.90 Å². The van der Waals surface area contributed by atoms with Crippen molar-refractivity contribution in [3.63, 3.8) is 0 Å². The molecule has 2 aliphatic rings. The van der Waals surface area contributed by atoms with Crippen LogP contribution in [0.2, 0.25) is 5.02 Å². The van der Waals surface area contributed by atoms with Crippen LogP contribution in [0.3, 0.4) is 0 Å². The Hall–Kier alpha value is -2.08. The maximum absolute atomic E-state index is 13.5. The highest BCUT2D eigenvalue weighted by atomic mass is 35.5. The Kier molecular flexibility index (Phi) is 7.01. The zero-order valence-electron chi connectivity index (χ0n) is 18.4. The molecule has 0 bridgehead atoms. The normalized spacial score (nSPS) is 20.6. The van der Waals surface area contributed by atoms with Crippen LogP contribution in [-0.2, 0) is 20.9 Å². The van der Waals surface area contributed by atoms with Crippen molar-refractivity contribution >= 4 is 33.0 Å². The van der Waals surface area contributed by atoms with Gasteiger partial charge in [0.1, 0.15) is 10.7 Å². The summed E-state index contributed by atoms with van der Waals surface area (Å²) in [6, 6.07) is 6.67. The van der Waals surface area contributed by atoms with E-state index in [-0.39, 0.29) is 35.2 Å². The van der Waals surface area contributed by atoms with E-state index < -0.39 is 33.6 Å². The zero-order valence-corrected chi connectivity index (χ0v) is 19.9. The first kappa shape index (κ1) is 25.0. The second-order valence-corrected chi connectivity index (χ2v) is 10.5. The minimum absolute atomic E-state index is 0.00865. The molecule has 2 saturated heterocycles. The van der Waals surface area contributed by atoms with Crippen LogP contribution in [0.1, 0.15) is 12.5 Å². The second kappa shape index (κ2) is 9.52. The number of anilines is 2. The molecule has 1 atom stereocenters. The molecule has 0 amide bonds. The zero-order chi connectivity index (χ0) is 24.7. The van der Waals surface area contributed by atoms with E-state index in [4.69, 9.17) is 16.3 Å². The molecule has 2 heterocycles. The molecule has 0 aromatic heterocycles.